The number of nitrogens with one attached hydrogen (secondary N) is 1. The number of benzene rings is 1. The Hall–Kier alpha value is -1.13. The molecular formula is C14H22ClFN2O. The van der Waals surface area contributed by atoms with Crippen molar-refractivity contribution in [3.63, 3.8) is 0 Å². The zero-order chi connectivity index (χ0) is 13.4. The molecule has 1 atom stereocenters. The molecule has 0 saturated heterocycles. The smallest absolute Gasteiger partial charge is 0.224 e. The molecule has 1 rings (SSSR count). The van der Waals surface area contributed by atoms with Gasteiger partial charge in [0.25, 0.3) is 0 Å². The zero-order valence-corrected chi connectivity index (χ0v) is 12.0. The molecule has 0 spiro atoms. The van der Waals surface area contributed by atoms with Crippen molar-refractivity contribution in [3.05, 3.63) is 35.6 Å². The van der Waals surface area contributed by atoms with Gasteiger partial charge in [-0.25, -0.2) is 4.39 Å². The van der Waals surface area contributed by atoms with Gasteiger partial charge in [-0.2, -0.15) is 0 Å². The van der Waals surface area contributed by atoms with Gasteiger partial charge in [-0.3, -0.25) is 4.79 Å². The molecule has 19 heavy (non-hydrogen) atoms. The average Bonchev–Trinajstić information content (AvgIpc) is 2.34. The van der Waals surface area contributed by atoms with Crippen molar-refractivity contribution in [3.8, 4) is 0 Å². The highest BCUT2D eigenvalue weighted by atomic mass is 35.5. The highest BCUT2D eigenvalue weighted by molar-refractivity contribution is 5.85. The normalized spacial score (nSPS) is 11.5. The second-order valence-corrected chi connectivity index (χ2v) is 4.45. The first-order valence-electron chi connectivity index (χ1n) is 6.39. The maximum atomic E-state index is 13.0. The van der Waals surface area contributed by atoms with E-state index in [1.165, 1.54) is 12.1 Å². The van der Waals surface area contributed by atoms with Gasteiger partial charge in [0.15, 0.2) is 0 Å². The lowest BCUT2D eigenvalue weighted by atomic mass is 10.1. The third-order valence-corrected chi connectivity index (χ3v) is 2.81. The van der Waals surface area contributed by atoms with Crippen LogP contribution in [0, 0.1) is 5.82 Å². The topological polar surface area (TPSA) is 55.1 Å². The molecule has 1 aromatic carbocycles. The summed E-state index contributed by atoms with van der Waals surface area (Å²) in [7, 11) is 0. The van der Waals surface area contributed by atoms with E-state index in [1.807, 2.05) is 0 Å². The highest BCUT2D eigenvalue weighted by Gasteiger charge is 2.10. The molecule has 1 unspecified atom stereocenters. The Morgan fingerprint density at radius 1 is 1.47 bits per heavy atom. The maximum absolute atomic E-state index is 13.0. The van der Waals surface area contributed by atoms with Gasteiger partial charge in [0.1, 0.15) is 5.82 Å². The summed E-state index contributed by atoms with van der Waals surface area (Å²) in [6.45, 7) is 2.54. The Bertz CT molecular complexity index is 387. The third-order valence-electron chi connectivity index (χ3n) is 2.81. The van der Waals surface area contributed by atoms with Crippen LogP contribution in [0.5, 0.6) is 0 Å². The number of carbonyl (C=O) groups excluding carboxylic acids is 1. The van der Waals surface area contributed by atoms with Crippen molar-refractivity contribution in [2.75, 3.05) is 6.54 Å². The molecule has 0 bridgehead atoms. The van der Waals surface area contributed by atoms with E-state index in [4.69, 9.17) is 5.73 Å². The Kier molecular flexibility index (Phi) is 9.17. The molecule has 0 aliphatic heterocycles. The van der Waals surface area contributed by atoms with Gasteiger partial charge in [0.2, 0.25) is 5.91 Å². The summed E-state index contributed by atoms with van der Waals surface area (Å²) >= 11 is 0. The summed E-state index contributed by atoms with van der Waals surface area (Å²) < 4.78 is 13.0. The number of amides is 1. The third kappa shape index (κ3) is 7.13. The van der Waals surface area contributed by atoms with Crippen molar-refractivity contribution in [2.24, 2.45) is 5.73 Å². The van der Waals surface area contributed by atoms with E-state index in [0.717, 1.165) is 19.3 Å². The number of unbranched alkanes of at least 4 members (excludes halogenated alkanes) is 1. The van der Waals surface area contributed by atoms with E-state index >= 15 is 0 Å². The van der Waals surface area contributed by atoms with Crippen LogP contribution in [0.2, 0.25) is 0 Å². The summed E-state index contributed by atoms with van der Waals surface area (Å²) in [5.41, 5.74) is 6.28. The molecule has 0 aromatic heterocycles. The van der Waals surface area contributed by atoms with Gasteiger partial charge in [0.05, 0.1) is 6.42 Å². The lowest BCUT2D eigenvalue weighted by Gasteiger charge is -2.16. The molecule has 0 radical (unpaired) electrons. The maximum Gasteiger partial charge on any atom is 0.224 e. The van der Waals surface area contributed by atoms with E-state index in [9.17, 15) is 9.18 Å². The first kappa shape index (κ1) is 17.9. The molecule has 0 fully saturated rings. The van der Waals surface area contributed by atoms with Crippen LogP contribution in [0.15, 0.2) is 24.3 Å². The minimum atomic E-state index is -0.318. The predicted molar refractivity (Wildman–Crippen MR) is 77.9 cm³/mol. The molecule has 3 N–H and O–H groups in total. The second-order valence-electron chi connectivity index (χ2n) is 4.45. The number of hydrogen-bond acceptors (Lipinski definition) is 2. The minimum absolute atomic E-state index is 0. The van der Waals surface area contributed by atoms with Crippen LogP contribution in [-0.2, 0) is 11.2 Å². The summed E-state index contributed by atoms with van der Waals surface area (Å²) in [5, 5.41) is 2.88. The number of rotatable bonds is 7. The molecule has 0 heterocycles. The molecule has 0 saturated carbocycles. The van der Waals surface area contributed by atoms with Gasteiger partial charge in [-0.15, -0.1) is 12.4 Å². The van der Waals surface area contributed by atoms with Crippen molar-refractivity contribution >= 4 is 18.3 Å². The van der Waals surface area contributed by atoms with E-state index in [-0.39, 0.29) is 36.6 Å². The second kappa shape index (κ2) is 9.75. The molecule has 3 nitrogen and oxygen atoms in total. The largest absolute Gasteiger partial charge is 0.352 e. The van der Waals surface area contributed by atoms with E-state index in [1.54, 1.807) is 12.1 Å². The van der Waals surface area contributed by atoms with Gasteiger partial charge < -0.3 is 11.1 Å². The van der Waals surface area contributed by atoms with Crippen molar-refractivity contribution < 1.29 is 9.18 Å². The molecule has 0 aliphatic rings. The Labute approximate surface area is 120 Å². The SMILES string of the molecule is CCCCC(CN)NC(=O)Cc1cccc(F)c1.Cl. The fraction of sp³-hybridized carbons (Fsp3) is 0.500. The lowest BCUT2D eigenvalue weighted by Crippen LogP contribution is -2.40. The Morgan fingerprint density at radius 2 is 2.21 bits per heavy atom. The first-order valence-corrected chi connectivity index (χ1v) is 6.39. The summed E-state index contributed by atoms with van der Waals surface area (Å²) in [5.74, 6) is -0.422. The Morgan fingerprint density at radius 3 is 2.79 bits per heavy atom. The number of carbonyl (C=O) groups is 1. The monoisotopic (exact) mass is 288 g/mol. The van der Waals surface area contributed by atoms with Crippen molar-refractivity contribution in [2.45, 2.75) is 38.6 Å². The van der Waals surface area contributed by atoms with Gasteiger partial charge >= 0.3 is 0 Å². The fourth-order valence-electron chi connectivity index (χ4n) is 1.81. The van der Waals surface area contributed by atoms with Crippen LogP contribution in [0.1, 0.15) is 31.7 Å². The number of nitrogens with two attached hydrogens (primary N) is 1. The van der Waals surface area contributed by atoms with Gasteiger partial charge in [-0.05, 0) is 24.1 Å². The zero-order valence-electron chi connectivity index (χ0n) is 11.2. The van der Waals surface area contributed by atoms with Crippen LogP contribution in [0.3, 0.4) is 0 Å². The minimum Gasteiger partial charge on any atom is -0.352 e. The summed E-state index contributed by atoms with van der Waals surface area (Å²) in [6, 6.07) is 6.11. The van der Waals surface area contributed by atoms with Gasteiger partial charge in [-0.1, -0.05) is 31.9 Å². The fourth-order valence-corrected chi connectivity index (χ4v) is 1.81. The van der Waals surface area contributed by atoms with Gasteiger partial charge in [0, 0.05) is 12.6 Å². The quantitative estimate of drug-likeness (QED) is 0.810. The average molecular weight is 289 g/mol. The molecule has 5 heteroatoms. The molecular weight excluding hydrogens is 267 g/mol. The molecule has 0 aliphatic carbocycles. The summed E-state index contributed by atoms with van der Waals surface area (Å²) in [4.78, 5) is 11.8. The molecule has 108 valence electrons. The van der Waals surface area contributed by atoms with Crippen molar-refractivity contribution in [1.82, 2.24) is 5.32 Å². The van der Waals surface area contributed by atoms with E-state index in [2.05, 4.69) is 12.2 Å². The predicted octanol–water partition coefficient (Wildman–Crippen LogP) is 2.42. The van der Waals surface area contributed by atoms with Crippen LogP contribution in [0.4, 0.5) is 4.39 Å². The van der Waals surface area contributed by atoms with E-state index in [0.29, 0.717) is 12.1 Å². The lowest BCUT2D eigenvalue weighted by molar-refractivity contribution is -0.121. The summed E-state index contributed by atoms with van der Waals surface area (Å²) in [6.07, 6.45) is 3.21. The van der Waals surface area contributed by atoms with Crippen LogP contribution in [0.25, 0.3) is 0 Å². The Balaban J connectivity index is 0.00000324. The standard InChI is InChI=1S/C14H21FN2O.ClH/c1-2-3-7-13(10-16)17-14(18)9-11-5-4-6-12(15)8-11;/h4-6,8,13H,2-3,7,9-10,16H2,1H3,(H,17,18);1H. The molecule has 1 amide bonds. The van der Waals surface area contributed by atoms with Crippen LogP contribution < -0.4 is 11.1 Å². The number of hydrogen-bond donors (Lipinski definition) is 2. The highest BCUT2D eigenvalue weighted by Crippen LogP contribution is 2.05. The van der Waals surface area contributed by atoms with Crippen molar-refractivity contribution in [1.29, 1.82) is 0 Å². The van der Waals surface area contributed by atoms with Crippen LogP contribution in [-0.4, -0.2) is 18.5 Å². The molecule has 1 aromatic rings. The van der Waals surface area contributed by atoms with Crippen LogP contribution >= 0.6 is 12.4 Å². The number of halogens is 2. The van der Waals surface area contributed by atoms with E-state index < -0.39 is 0 Å². The first-order chi connectivity index (χ1) is 8.65.